The Morgan fingerprint density at radius 1 is 1.08 bits per heavy atom. The number of carbonyl (C=O) groups is 2. The SMILES string of the molecule is O=C(N[C@H]1CC[C@@H](C(=O)O)C1)C(Oc1ccc(Cl)cc1)c1ccccc1. The highest BCUT2D eigenvalue weighted by atomic mass is 35.5. The molecule has 0 bridgehead atoms. The largest absolute Gasteiger partial charge is 0.481 e. The predicted molar refractivity (Wildman–Crippen MR) is 98.2 cm³/mol. The van der Waals surface area contributed by atoms with Crippen LogP contribution in [0.15, 0.2) is 54.6 Å². The van der Waals surface area contributed by atoms with Crippen LogP contribution < -0.4 is 10.1 Å². The van der Waals surface area contributed by atoms with E-state index in [2.05, 4.69) is 5.32 Å². The Morgan fingerprint density at radius 2 is 1.77 bits per heavy atom. The molecule has 1 unspecified atom stereocenters. The summed E-state index contributed by atoms with van der Waals surface area (Å²) in [6, 6.07) is 15.9. The summed E-state index contributed by atoms with van der Waals surface area (Å²) in [6.45, 7) is 0. The van der Waals surface area contributed by atoms with Crippen LogP contribution in [0.2, 0.25) is 5.02 Å². The van der Waals surface area contributed by atoms with Crippen LogP contribution in [0, 0.1) is 5.92 Å². The Bertz CT molecular complexity index is 763. The first kappa shape index (κ1) is 18.3. The minimum absolute atomic E-state index is 0.149. The third-order valence-electron chi connectivity index (χ3n) is 4.54. The Kier molecular flexibility index (Phi) is 5.78. The zero-order valence-corrected chi connectivity index (χ0v) is 14.9. The molecule has 3 rings (SSSR count). The van der Waals surface area contributed by atoms with E-state index in [0.717, 1.165) is 5.56 Å². The van der Waals surface area contributed by atoms with Crippen molar-refractivity contribution >= 4 is 23.5 Å². The maximum Gasteiger partial charge on any atom is 0.306 e. The molecule has 2 N–H and O–H groups in total. The Labute approximate surface area is 156 Å². The van der Waals surface area contributed by atoms with Gasteiger partial charge < -0.3 is 15.2 Å². The molecule has 0 aromatic heterocycles. The Balaban J connectivity index is 1.74. The minimum atomic E-state index is -0.818. The van der Waals surface area contributed by atoms with Crippen LogP contribution in [0.3, 0.4) is 0 Å². The number of rotatable bonds is 6. The molecule has 26 heavy (non-hydrogen) atoms. The number of carboxylic acid groups (broad SMARTS) is 1. The van der Waals surface area contributed by atoms with Crippen molar-refractivity contribution in [3.05, 3.63) is 65.2 Å². The van der Waals surface area contributed by atoms with Gasteiger partial charge in [0.2, 0.25) is 6.10 Å². The van der Waals surface area contributed by atoms with E-state index in [1.165, 1.54) is 0 Å². The van der Waals surface area contributed by atoms with Crippen molar-refractivity contribution in [1.82, 2.24) is 5.32 Å². The van der Waals surface area contributed by atoms with Gasteiger partial charge in [0.05, 0.1) is 5.92 Å². The maximum absolute atomic E-state index is 12.8. The lowest BCUT2D eigenvalue weighted by atomic mass is 10.1. The van der Waals surface area contributed by atoms with Gasteiger partial charge in [0.25, 0.3) is 5.91 Å². The standard InChI is InChI=1S/C20H20ClNO4/c21-15-7-10-17(11-8-15)26-18(13-4-2-1-3-5-13)19(23)22-16-9-6-14(12-16)20(24)25/h1-5,7-8,10-11,14,16,18H,6,9,12H2,(H,22,23)(H,24,25)/t14-,16+,18?/m1/s1. The summed E-state index contributed by atoms with van der Waals surface area (Å²) in [5.41, 5.74) is 0.729. The van der Waals surface area contributed by atoms with Gasteiger partial charge in [-0.05, 0) is 43.5 Å². The fraction of sp³-hybridized carbons (Fsp3) is 0.300. The molecule has 0 saturated heterocycles. The topological polar surface area (TPSA) is 75.6 Å². The summed E-state index contributed by atoms with van der Waals surface area (Å²) < 4.78 is 5.91. The lowest BCUT2D eigenvalue weighted by Gasteiger charge is -2.21. The number of carboxylic acids is 1. The fourth-order valence-corrected chi connectivity index (χ4v) is 3.29. The summed E-state index contributed by atoms with van der Waals surface area (Å²) in [5.74, 6) is -0.943. The third-order valence-corrected chi connectivity index (χ3v) is 4.79. The quantitative estimate of drug-likeness (QED) is 0.806. The highest BCUT2D eigenvalue weighted by Gasteiger charge is 2.33. The van der Waals surface area contributed by atoms with Crippen molar-refractivity contribution in [1.29, 1.82) is 0 Å². The zero-order valence-electron chi connectivity index (χ0n) is 14.1. The van der Waals surface area contributed by atoms with Crippen molar-refractivity contribution in [2.75, 3.05) is 0 Å². The summed E-state index contributed by atoms with van der Waals surface area (Å²) in [4.78, 5) is 23.9. The number of benzene rings is 2. The molecule has 1 aliphatic rings. The van der Waals surface area contributed by atoms with E-state index in [9.17, 15) is 9.59 Å². The molecule has 2 aromatic carbocycles. The van der Waals surface area contributed by atoms with Crippen LogP contribution >= 0.6 is 11.6 Å². The number of carbonyl (C=O) groups excluding carboxylic acids is 1. The minimum Gasteiger partial charge on any atom is -0.481 e. The second-order valence-corrected chi connectivity index (χ2v) is 6.85. The Hall–Kier alpha value is -2.53. The van der Waals surface area contributed by atoms with Gasteiger partial charge in [-0.1, -0.05) is 41.9 Å². The summed E-state index contributed by atoms with van der Waals surface area (Å²) in [7, 11) is 0. The van der Waals surface area contributed by atoms with Gasteiger partial charge in [0.1, 0.15) is 5.75 Å². The van der Waals surface area contributed by atoms with Crippen LogP contribution in [0.4, 0.5) is 0 Å². The summed E-state index contributed by atoms with van der Waals surface area (Å²) >= 11 is 5.90. The molecule has 0 heterocycles. The van der Waals surface area contributed by atoms with Gasteiger partial charge in [-0.3, -0.25) is 9.59 Å². The lowest BCUT2D eigenvalue weighted by molar-refractivity contribution is -0.141. The lowest BCUT2D eigenvalue weighted by Crippen LogP contribution is -2.38. The van der Waals surface area contributed by atoms with Gasteiger partial charge in [0.15, 0.2) is 0 Å². The average molecular weight is 374 g/mol. The smallest absolute Gasteiger partial charge is 0.306 e. The molecular formula is C20H20ClNO4. The molecule has 0 radical (unpaired) electrons. The number of nitrogens with one attached hydrogen (secondary N) is 1. The average Bonchev–Trinajstić information content (AvgIpc) is 3.10. The highest BCUT2D eigenvalue weighted by molar-refractivity contribution is 6.30. The van der Waals surface area contributed by atoms with E-state index in [1.54, 1.807) is 24.3 Å². The van der Waals surface area contributed by atoms with E-state index < -0.39 is 18.0 Å². The maximum atomic E-state index is 12.8. The van der Waals surface area contributed by atoms with Gasteiger partial charge in [-0.2, -0.15) is 0 Å². The number of halogens is 1. The molecule has 1 amide bonds. The summed E-state index contributed by atoms with van der Waals surface area (Å²) in [5, 5.41) is 12.6. The van der Waals surface area contributed by atoms with Crippen molar-refractivity contribution in [3.8, 4) is 5.75 Å². The number of hydrogen-bond donors (Lipinski definition) is 2. The first-order valence-electron chi connectivity index (χ1n) is 8.53. The van der Waals surface area contributed by atoms with E-state index in [1.807, 2.05) is 30.3 Å². The first-order chi connectivity index (χ1) is 12.5. The molecule has 136 valence electrons. The van der Waals surface area contributed by atoms with Crippen molar-refractivity contribution in [3.63, 3.8) is 0 Å². The number of aliphatic carboxylic acids is 1. The molecule has 2 aromatic rings. The van der Waals surface area contributed by atoms with Crippen molar-refractivity contribution in [2.24, 2.45) is 5.92 Å². The number of amides is 1. The van der Waals surface area contributed by atoms with Crippen LogP contribution in [-0.2, 0) is 9.59 Å². The second-order valence-electron chi connectivity index (χ2n) is 6.42. The number of ether oxygens (including phenoxy) is 1. The zero-order chi connectivity index (χ0) is 18.5. The molecule has 6 heteroatoms. The van der Waals surface area contributed by atoms with Gasteiger partial charge in [0, 0.05) is 16.6 Å². The highest BCUT2D eigenvalue weighted by Crippen LogP contribution is 2.28. The van der Waals surface area contributed by atoms with E-state index in [4.69, 9.17) is 21.4 Å². The van der Waals surface area contributed by atoms with Gasteiger partial charge in [-0.15, -0.1) is 0 Å². The molecule has 0 spiro atoms. The van der Waals surface area contributed by atoms with Crippen LogP contribution in [0.25, 0.3) is 0 Å². The first-order valence-corrected chi connectivity index (χ1v) is 8.91. The molecular weight excluding hydrogens is 354 g/mol. The van der Waals surface area contributed by atoms with Crippen molar-refractivity contribution in [2.45, 2.75) is 31.4 Å². The van der Waals surface area contributed by atoms with Crippen LogP contribution in [-0.4, -0.2) is 23.0 Å². The predicted octanol–water partition coefficient (Wildman–Crippen LogP) is 3.83. The molecule has 5 nitrogen and oxygen atoms in total. The van der Waals surface area contributed by atoms with Crippen molar-refractivity contribution < 1.29 is 19.4 Å². The molecule has 1 fully saturated rings. The second kappa shape index (κ2) is 8.23. The van der Waals surface area contributed by atoms with E-state index >= 15 is 0 Å². The van der Waals surface area contributed by atoms with Crippen LogP contribution in [0.1, 0.15) is 30.9 Å². The fourth-order valence-electron chi connectivity index (χ4n) is 3.16. The molecule has 0 aliphatic heterocycles. The molecule has 3 atom stereocenters. The molecule has 1 saturated carbocycles. The van der Waals surface area contributed by atoms with Gasteiger partial charge >= 0.3 is 5.97 Å². The Morgan fingerprint density at radius 3 is 2.38 bits per heavy atom. The normalized spacial score (nSPS) is 20.3. The van der Waals surface area contributed by atoms with E-state index in [0.29, 0.717) is 30.0 Å². The number of hydrogen-bond acceptors (Lipinski definition) is 3. The van der Waals surface area contributed by atoms with Crippen LogP contribution in [0.5, 0.6) is 5.75 Å². The monoisotopic (exact) mass is 373 g/mol. The summed E-state index contributed by atoms with van der Waals surface area (Å²) in [6.07, 6.45) is 0.865. The van der Waals surface area contributed by atoms with Gasteiger partial charge in [-0.25, -0.2) is 0 Å². The molecule has 1 aliphatic carbocycles. The third kappa shape index (κ3) is 4.55. The van der Waals surface area contributed by atoms with E-state index in [-0.39, 0.29) is 11.9 Å².